The summed E-state index contributed by atoms with van der Waals surface area (Å²) in [6.45, 7) is 0.595. The maximum atomic E-state index is 5.19. The molecule has 0 bridgehead atoms. The van der Waals surface area contributed by atoms with Crippen LogP contribution in [0.3, 0.4) is 0 Å². The van der Waals surface area contributed by atoms with Gasteiger partial charge in [0.2, 0.25) is 5.13 Å². The lowest BCUT2D eigenvalue weighted by molar-refractivity contribution is 0.936. The van der Waals surface area contributed by atoms with E-state index in [4.69, 9.17) is 16.6 Å². The predicted octanol–water partition coefficient (Wildman–Crippen LogP) is -0.341. The van der Waals surface area contributed by atoms with Crippen molar-refractivity contribution in [3.63, 3.8) is 0 Å². The zero-order chi connectivity index (χ0) is 9.68. The molecule has 7 N–H and O–H groups in total. The van der Waals surface area contributed by atoms with Crippen LogP contribution < -0.4 is 21.3 Å². The van der Waals surface area contributed by atoms with Gasteiger partial charge in [0.1, 0.15) is 0 Å². The Kier molecular flexibility index (Phi) is 3.96. The fraction of sp³-hybridized carbons (Fsp3) is 0.200. The van der Waals surface area contributed by atoms with Gasteiger partial charge in [-0.05, 0) is 0 Å². The molecule has 6 nitrogen and oxygen atoms in total. The molecule has 0 atom stereocenters. The first kappa shape index (κ1) is 10.3. The topological polar surface area (TPSA) is 115 Å². The molecule has 1 rings (SSSR count). The van der Waals surface area contributed by atoms with Gasteiger partial charge >= 0.3 is 0 Å². The second-order valence-electron chi connectivity index (χ2n) is 2.10. The van der Waals surface area contributed by atoms with Gasteiger partial charge in [0.25, 0.3) is 0 Å². The highest BCUT2D eigenvalue weighted by Crippen LogP contribution is 2.18. The number of aliphatic imine (C=N–C) groups is 1. The number of nitrogens with one attached hydrogen (secondary N) is 1. The van der Waals surface area contributed by atoms with Gasteiger partial charge in [-0.25, -0.2) is 9.71 Å². The van der Waals surface area contributed by atoms with Gasteiger partial charge in [-0.3, -0.25) is 5.14 Å². The van der Waals surface area contributed by atoms with Crippen molar-refractivity contribution in [2.75, 3.05) is 0 Å². The minimum Gasteiger partial charge on any atom is -0.370 e. The lowest BCUT2D eigenvalue weighted by atomic mass is 10.5. The van der Waals surface area contributed by atoms with Crippen LogP contribution in [-0.2, 0) is 6.54 Å². The van der Waals surface area contributed by atoms with Gasteiger partial charge in [0.15, 0.2) is 5.96 Å². The number of guanidine groups is 1. The molecule has 0 unspecified atom stereocenters. The summed E-state index contributed by atoms with van der Waals surface area (Å²) in [6.07, 6.45) is 0. The van der Waals surface area contributed by atoms with E-state index in [1.54, 1.807) is 0 Å². The molecule has 8 heteroatoms. The first-order valence-corrected chi connectivity index (χ1v) is 5.11. The average Bonchev–Trinajstić information content (AvgIpc) is 2.48. The molecule has 13 heavy (non-hydrogen) atoms. The number of nitrogens with two attached hydrogens (primary N) is 3. The Balaban J connectivity index is 2.58. The van der Waals surface area contributed by atoms with E-state index in [1.165, 1.54) is 11.3 Å². The first-order chi connectivity index (χ1) is 6.22. The highest BCUT2D eigenvalue weighted by molar-refractivity contribution is 7.95. The molecule has 1 heterocycles. The second kappa shape index (κ2) is 5.02. The van der Waals surface area contributed by atoms with E-state index in [9.17, 15) is 0 Å². The van der Waals surface area contributed by atoms with Gasteiger partial charge in [0, 0.05) is 17.5 Å². The Morgan fingerprint density at radius 3 is 3.08 bits per heavy atom. The van der Waals surface area contributed by atoms with Crippen LogP contribution >= 0.6 is 23.5 Å². The van der Waals surface area contributed by atoms with Crippen LogP contribution in [0.4, 0.5) is 5.13 Å². The third kappa shape index (κ3) is 3.59. The monoisotopic (exact) mass is 218 g/mol. The Labute approximate surface area is 83.9 Å². The summed E-state index contributed by atoms with van der Waals surface area (Å²) in [5.74, 6) is 0.0158. The minimum absolute atomic E-state index is 0.0158. The lowest BCUT2D eigenvalue weighted by Gasteiger charge is -1.93. The van der Waals surface area contributed by atoms with E-state index in [2.05, 4.69) is 14.7 Å². The summed E-state index contributed by atoms with van der Waals surface area (Å²) in [5, 5.41) is 7.60. The first-order valence-electron chi connectivity index (χ1n) is 3.35. The molecule has 0 fully saturated rings. The normalized spacial score (nSPS) is 9.92. The summed E-state index contributed by atoms with van der Waals surface area (Å²) in [7, 11) is 0. The van der Waals surface area contributed by atoms with Gasteiger partial charge < -0.3 is 11.5 Å². The van der Waals surface area contributed by atoms with E-state index >= 15 is 0 Å². The van der Waals surface area contributed by atoms with Gasteiger partial charge in [-0.15, -0.1) is 11.3 Å². The summed E-state index contributed by atoms with van der Waals surface area (Å²) in [6, 6.07) is 0. The zero-order valence-corrected chi connectivity index (χ0v) is 8.36. The SMILES string of the molecule is NSNCc1csc(N=C(N)N)n1. The molecule has 0 spiro atoms. The minimum atomic E-state index is 0.0158. The summed E-state index contributed by atoms with van der Waals surface area (Å²) >= 11 is 2.43. The summed E-state index contributed by atoms with van der Waals surface area (Å²) in [4.78, 5) is 7.93. The molecule has 0 aliphatic rings. The van der Waals surface area contributed by atoms with Crippen LogP contribution in [0.5, 0.6) is 0 Å². The number of rotatable bonds is 4. The molecule has 0 amide bonds. The highest BCUT2D eigenvalue weighted by Gasteiger charge is 1.99. The second-order valence-corrected chi connectivity index (χ2v) is 3.46. The number of hydrogen-bond acceptors (Lipinski definition) is 6. The molecule has 0 radical (unpaired) electrons. The molecular weight excluding hydrogens is 208 g/mol. The van der Waals surface area contributed by atoms with Crippen LogP contribution in [-0.4, -0.2) is 10.9 Å². The van der Waals surface area contributed by atoms with E-state index in [-0.39, 0.29) is 5.96 Å². The molecule has 1 aromatic rings. The number of thiazole rings is 1. The van der Waals surface area contributed by atoms with E-state index in [0.29, 0.717) is 11.7 Å². The van der Waals surface area contributed by atoms with Gasteiger partial charge in [-0.2, -0.15) is 4.99 Å². The van der Waals surface area contributed by atoms with Gasteiger partial charge in [-0.1, -0.05) is 0 Å². The largest absolute Gasteiger partial charge is 0.370 e. The van der Waals surface area contributed by atoms with Crippen molar-refractivity contribution < 1.29 is 0 Å². The van der Waals surface area contributed by atoms with E-state index in [1.807, 2.05) is 5.38 Å². The Bertz CT molecular complexity index is 291. The Morgan fingerprint density at radius 1 is 1.69 bits per heavy atom. The number of nitrogens with zero attached hydrogens (tertiary/aromatic N) is 2. The fourth-order valence-corrected chi connectivity index (χ4v) is 1.59. The van der Waals surface area contributed by atoms with Crippen molar-refractivity contribution in [2.45, 2.75) is 6.54 Å². The van der Waals surface area contributed by atoms with E-state index < -0.39 is 0 Å². The van der Waals surface area contributed by atoms with Crippen LogP contribution in [0.1, 0.15) is 5.69 Å². The van der Waals surface area contributed by atoms with Crippen molar-refractivity contribution >= 4 is 34.6 Å². The molecule has 72 valence electrons. The zero-order valence-electron chi connectivity index (χ0n) is 6.73. The standard InChI is InChI=1S/C5H10N6S2/c6-4(7)11-5-10-3(2-12-5)1-9-13-8/h2,9H,1,8H2,(H4,6,7,10,11). The predicted molar refractivity (Wildman–Crippen MR) is 56.2 cm³/mol. The molecule has 0 aliphatic carbocycles. The molecule has 0 aliphatic heterocycles. The van der Waals surface area contributed by atoms with Crippen molar-refractivity contribution in [1.29, 1.82) is 0 Å². The molecule has 0 saturated carbocycles. The van der Waals surface area contributed by atoms with Crippen molar-refractivity contribution in [2.24, 2.45) is 21.6 Å². The summed E-state index contributed by atoms with van der Waals surface area (Å²) in [5.41, 5.74) is 11.2. The van der Waals surface area contributed by atoms with E-state index in [0.717, 1.165) is 17.8 Å². The quantitative estimate of drug-likeness (QED) is 0.312. The molecule has 0 saturated heterocycles. The maximum absolute atomic E-state index is 5.19. The van der Waals surface area contributed by atoms with Crippen LogP contribution in [0.2, 0.25) is 0 Å². The van der Waals surface area contributed by atoms with Crippen molar-refractivity contribution in [1.82, 2.24) is 9.71 Å². The van der Waals surface area contributed by atoms with Gasteiger partial charge in [0.05, 0.1) is 12.2 Å². The Hall–Kier alpha value is -0.830. The summed E-state index contributed by atoms with van der Waals surface area (Å²) < 4.78 is 2.86. The maximum Gasteiger partial charge on any atom is 0.212 e. The third-order valence-electron chi connectivity index (χ3n) is 1.10. The van der Waals surface area contributed by atoms with Crippen molar-refractivity contribution in [3.8, 4) is 0 Å². The van der Waals surface area contributed by atoms with Crippen molar-refractivity contribution in [3.05, 3.63) is 11.1 Å². The third-order valence-corrected chi connectivity index (χ3v) is 2.20. The highest BCUT2D eigenvalue weighted by atomic mass is 32.2. The fourth-order valence-electron chi connectivity index (χ4n) is 0.655. The smallest absolute Gasteiger partial charge is 0.212 e. The molecular formula is C5H10N6S2. The average molecular weight is 218 g/mol. The Morgan fingerprint density at radius 2 is 2.46 bits per heavy atom. The number of hydrogen-bond donors (Lipinski definition) is 4. The number of aromatic nitrogens is 1. The molecule has 1 aromatic heterocycles. The van der Waals surface area contributed by atoms with Crippen LogP contribution in [0.15, 0.2) is 10.4 Å². The van der Waals surface area contributed by atoms with Crippen LogP contribution in [0.25, 0.3) is 0 Å². The lowest BCUT2D eigenvalue weighted by Crippen LogP contribution is -2.21. The van der Waals surface area contributed by atoms with Crippen LogP contribution in [0, 0.1) is 0 Å². The molecule has 0 aromatic carbocycles.